The Morgan fingerprint density at radius 1 is 1.27 bits per heavy atom. The molecule has 0 unspecified atom stereocenters. The highest BCUT2D eigenvalue weighted by molar-refractivity contribution is 7.99. The first kappa shape index (κ1) is 35.1. The van der Waals surface area contributed by atoms with Gasteiger partial charge >= 0.3 is 6.61 Å². The number of carbonyl (C=O) groups is 1. The molecule has 258 valence electrons. The SMILES string of the molecule is C1CCOC1.CC(C)Sc1ccc(OC(F)F)c(-c2nn(C/C(N)=C/N(N)C3CCNCC3)cc2NC(=O)c2cnn3cccnc23)c1. The van der Waals surface area contributed by atoms with Gasteiger partial charge in [-0.15, -0.1) is 11.8 Å². The first-order valence-electron chi connectivity index (χ1n) is 15.9. The van der Waals surface area contributed by atoms with Crippen LogP contribution in [0.2, 0.25) is 0 Å². The minimum absolute atomic E-state index is 0.0796. The molecule has 0 atom stereocenters. The molecule has 48 heavy (non-hydrogen) atoms. The molecule has 2 aliphatic rings. The van der Waals surface area contributed by atoms with Crippen molar-refractivity contribution in [2.75, 3.05) is 31.6 Å². The Bertz CT molecular complexity index is 1680. The maximum Gasteiger partial charge on any atom is 0.387 e. The van der Waals surface area contributed by atoms with Crippen LogP contribution >= 0.6 is 11.8 Å². The Labute approximate surface area is 282 Å². The third kappa shape index (κ3) is 9.43. The van der Waals surface area contributed by atoms with E-state index in [0.29, 0.717) is 11.3 Å². The molecule has 1 amide bonds. The van der Waals surface area contributed by atoms with Crippen LogP contribution in [0.1, 0.15) is 49.9 Å². The molecule has 5 heterocycles. The van der Waals surface area contributed by atoms with E-state index in [-0.39, 0.29) is 46.1 Å². The van der Waals surface area contributed by atoms with E-state index < -0.39 is 12.5 Å². The molecule has 0 aliphatic carbocycles. The van der Waals surface area contributed by atoms with Gasteiger partial charge in [-0.05, 0) is 63.0 Å². The number of ether oxygens (including phenoxy) is 2. The van der Waals surface area contributed by atoms with Crippen LogP contribution in [-0.4, -0.2) is 79.5 Å². The van der Waals surface area contributed by atoms with E-state index in [1.165, 1.54) is 34.3 Å². The smallest absolute Gasteiger partial charge is 0.387 e. The van der Waals surface area contributed by atoms with Gasteiger partial charge in [0.1, 0.15) is 17.0 Å². The van der Waals surface area contributed by atoms with Crippen LogP contribution in [0.3, 0.4) is 0 Å². The standard InChI is InChI=1S/C28H34F2N10O2S.C4H8O/c1-17(2)43-20-4-5-24(42-28(29)30)21(12-20)25-23(36-27(41)22-13-35-40-11-3-8-34-26(22)40)16-38(37-25)14-18(31)15-39(32)19-6-9-33-10-7-19;1-2-4-5-3-1/h3-5,8,11-13,15-17,19,28,33H,6-7,9-10,14,31-32H2,1-2H3,(H,36,41);1-4H2/b18-15-;. The van der Waals surface area contributed by atoms with Crippen molar-refractivity contribution < 1.29 is 23.0 Å². The van der Waals surface area contributed by atoms with Crippen molar-refractivity contribution in [2.45, 2.75) is 68.9 Å². The number of alkyl halides is 2. The van der Waals surface area contributed by atoms with E-state index in [1.807, 2.05) is 13.8 Å². The van der Waals surface area contributed by atoms with Crippen LogP contribution in [0.15, 0.2) is 65.8 Å². The van der Waals surface area contributed by atoms with Gasteiger partial charge in [0.05, 0.1) is 18.4 Å². The van der Waals surface area contributed by atoms with Crippen molar-refractivity contribution in [1.82, 2.24) is 34.7 Å². The molecule has 0 bridgehead atoms. The second-order valence-electron chi connectivity index (χ2n) is 11.6. The fourth-order valence-electron chi connectivity index (χ4n) is 5.35. The average molecular weight is 685 g/mol. The Balaban J connectivity index is 0.000000825. The lowest BCUT2D eigenvalue weighted by Crippen LogP contribution is -2.44. The van der Waals surface area contributed by atoms with Crippen molar-refractivity contribution in [3.8, 4) is 17.0 Å². The molecule has 0 spiro atoms. The molecule has 0 saturated carbocycles. The van der Waals surface area contributed by atoms with Crippen LogP contribution in [0.5, 0.6) is 5.75 Å². The van der Waals surface area contributed by atoms with Gasteiger partial charge in [-0.25, -0.2) is 15.3 Å². The number of thioether (sulfide) groups is 1. The summed E-state index contributed by atoms with van der Waals surface area (Å²) in [4.78, 5) is 18.5. The average Bonchev–Trinajstić information content (AvgIpc) is 3.84. The van der Waals surface area contributed by atoms with Gasteiger partial charge in [-0.2, -0.15) is 19.0 Å². The van der Waals surface area contributed by atoms with E-state index in [4.69, 9.17) is 21.1 Å². The predicted molar refractivity (Wildman–Crippen MR) is 180 cm³/mol. The number of hydrogen-bond donors (Lipinski definition) is 4. The van der Waals surface area contributed by atoms with Crippen LogP contribution in [0, 0.1) is 0 Å². The van der Waals surface area contributed by atoms with Crippen LogP contribution in [-0.2, 0) is 11.3 Å². The molecule has 2 saturated heterocycles. The number of nitrogens with one attached hydrogen (secondary N) is 2. The lowest BCUT2D eigenvalue weighted by molar-refractivity contribution is -0.0494. The van der Waals surface area contributed by atoms with Gasteiger partial charge in [0.2, 0.25) is 0 Å². The lowest BCUT2D eigenvalue weighted by Gasteiger charge is -2.30. The van der Waals surface area contributed by atoms with E-state index in [0.717, 1.165) is 44.0 Å². The summed E-state index contributed by atoms with van der Waals surface area (Å²) in [6.45, 7) is 4.87. The third-order valence-corrected chi connectivity index (χ3v) is 8.54. The summed E-state index contributed by atoms with van der Waals surface area (Å²) in [6, 6.07) is 6.76. The number of hydrogen-bond acceptors (Lipinski definition) is 11. The highest BCUT2D eigenvalue weighted by Gasteiger charge is 2.23. The number of aromatic nitrogens is 5. The number of piperidine rings is 1. The molecule has 2 fully saturated rings. The first-order valence-corrected chi connectivity index (χ1v) is 16.8. The summed E-state index contributed by atoms with van der Waals surface area (Å²) in [5.74, 6) is 5.70. The zero-order valence-electron chi connectivity index (χ0n) is 27.0. The van der Waals surface area contributed by atoms with Gasteiger partial charge in [-0.1, -0.05) is 13.8 Å². The summed E-state index contributed by atoms with van der Waals surface area (Å²) in [5.41, 5.74) is 8.15. The van der Waals surface area contributed by atoms with Gasteiger partial charge in [-0.3, -0.25) is 9.48 Å². The predicted octanol–water partition coefficient (Wildman–Crippen LogP) is 4.47. The second-order valence-corrected chi connectivity index (χ2v) is 13.3. The number of amides is 1. The Morgan fingerprint density at radius 2 is 2.04 bits per heavy atom. The maximum absolute atomic E-state index is 13.4. The molecule has 0 radical (unpaired) electrons. The minimum Gasteiger partial charge on any atom is -0.434 e. The van der Waals surface area contributed by atoms with Gasteiger partial charge < -0.3 is 30.8 Å². The minimum atomic E-state index is -3.06. The van der Waals surface area contributed by atoms with Crippen molar-refractivity contribution in [1.29, 1.82) is 0 Å². The van der Waals surface area contributed by atoms with Crippen molar-refractivity contribution in [2.24, 2.45) is 11.6 Å². The molecule has 6 N–H and O–H groups in total. The molecule has 1 aromatic carbocycles. The second kappa shape index (κ2) is 16.7. The Morgan fingerprint density at radius 3 is 2.73 bits per heavy atom. The van der Waals surface area contributed by atoms with E-state index in [1.54, 1.807) is 59.8 Å². The number of allylic oxidation sites excluding steroid dienone is 1. The van der Waals surface area contributed by atoms with E-state index in [2.05, 4.69) is 25.8 Å². The summed E-state index contributed by atoms with van der Waals surface area (Å²) in [7, 11) is 0. The number of nitrogens with zero attached hydrogens (tertiary/aromatic N) is 6. The highest BCUT2D eigenvalue weighted by Crippen LogP contribution is 2.39. The van der Waals surface area contributed by atoms with E-state index in [9.17, 15) is 13.6 Å². The molecule has 6 rings (SSSR count). The van der Waals surface area contributed by atoms with Crippen LogP contribution in [0.25, 0.3) is 16.9 Å². The number of rotatable bonds is 11. The number of carbonyl (C=O) groups excluding carboxylic acids is 1. The number of fused-ring (bicyclic) bond motifs is 1. The van der Waals surface area contributed by atoms with Gasteiger partial charge in [0.15, 0.2) is 5.65 Å². The largest absolute Gasteiger partial charge is 0.434 e. The maximum atomic E-state index is 13.4. The van der Waals surface area contributed by atoms with Crippen molar-refractivity contribution >= 4 is 29.0 Å². The lowest BCUT2D eigenvalue weighted by atomic mass is 10.1. The Kier molecular flexibility index (Phi) is 12.2. The number of benzene rings is 1. The molecule has 4 aromatic rings. The monoisotopic (exact) mass is 684 g/mol. The first-order chi connectivity index (χ1) is 23.2. The molecular weight excluding hydrogens is 642 g/mol. The summed E-state index contributed by atoms with van der Waals surface area (Å²) in [5, 5.41) is 16.9. The third-order valence-electron chi connectivity index (χ3n) is 7.54. The molecule has 13 nitrogen and oxygen atoms in total. The molecular formula is C32H42F2N10O3S. The zero-order valence-corrected chi connectivity index (χ0v) is 27.8. The van der Waals surface area contributed by atoms with Crippen LogP contribution < -0.4 is 26.9 Å². The highest BCUT2D eigenvalue weighted by atomic mass is 32.2. The summed E-state index contributed by atoms with van der Waals surface area (Å²) >= 11 is 1.55. The molecule has 16 heteroatoms. The normalized spacial score (nSPS) is 15.5. The summed E-state index contributed by atoms with van der Waals surface area (Å²) in [6.07, 6.45) is 12.2. The molecule has 3 aromatic heterocycles. The number of nitrogens with two attached hydrogens (primary N) is 2. The Hall–Kier alpha value is -4.25. The summed E-state index contributed by atoms with van der Waals surface area (Å²) < 4.78 is 39.7. The topological polar surface area (TPSA) is 163 Å². The quantitative estimate of drug-likeness (QED) is 0.100. The number of hydrazine groups is 1. The number of anilines is 1. The number of halogens is 2. The fraction of sp³-hybridized carbons (Fsp3) is 0.438. The van der Waals surface area contributed by atoms with Gasteiger partial charge in [0, 0.05) is 65.5 Å². The van der Waals surface area contributed by atoms with Crippen LogP contribution in [0.4, 0.5) is 14.5 Å². The zero-order chi connectivity index (χ0) is 34.0. The van der Waals surface area contributed by atoms with Crippen molar-refractivity contribution in [3.05, 3.63) is 66.5 Å². The molecule has 2 aliphatic heterocycles. The van der Waals surface area contributed by atoms with Gasteiger partial charge in [0.25, 0.3) is 5.91 Å². The van der Waals surface area contributed by atoms with E-state index >= 15 is 0 Å². The fourth-order valence-corrected chi connectivity index (χ4v) is 6.22. The van der Waals surface area contributed by atoms with Crippen molar-refractivity contribution in [3.63, 3.8) is 0 Å².